The zero-order chi connectivity index (χ0) is 37.2. The van der Waals surface area contributed by atoms with Crippen molar-refractivity contribution >= 4 is 80.9 Å². The Morgan fingerprint density at radius 1 is 0.316 bits per heavy atom. The molecule has 0 N–H and O–H groups in total. The van der Waals surface area contributed by atoms with Crippen molar-refractivity contribution < 1.29 is 0 Å². The zero-order valence-electron chi connectivity index (χ0n) is 30.9. The first-order valence-corrected chi connectivity index (χ1v) is 20.6. The van der Waals surface area contributed by atoms with Gasteiger partial charge in [-0.05, 0) is 119 Å². The largest absolute Gasteiger partial charge is 0.310 e. The summed E-state index contributed by atoms with van der Waals surface area (Å²) >= 11 is 1.87. The molecule has 1 nitrogen and oxygen atoms in total. The van der Waals surface area contributed by atoms with Gasteiger partial charge in [0.05, 0.1) is 11.1 Å². The molecule has 10 aromatic carbocycles. The van der Waals surface area contributed by atoms with Gasteiger partial charge in [0.2, 0.25) is 0 Å². The lowest BCUT2D eigenvalue weighted by Crippen LogP contribution is -2.25. The Hall–Kier alpha value is -7.00. The molecule has 1 spiro atoms. The highest BCUT2D eigenvalue weighted by Crippen LogP contribution is 2.63. The topological polar surface area (TPSA) is 3.24 Å². The SMILES string of the molecule is c1ccc2c(c1)-c1ccccc1C21c2ccccc2-c2cc(N(c3ccc4c5ccccc5c5ccccc5c4c3)c3cccc4sc5ccccc5c34)ccc21. The minimum atomic E-state index is -0.380. The maximum Gasteiger partial charge on any atom is 0.0725 e. The van der Waals surface area contributed by atoms with Crippen LogP contribution in [-0.2, 0) is 5.41 Å². The molecule has 0 unspecified atom stereocenters. The van der Waals surface area contributed by atoms with Gasteiger partial charge >= 0.3 is 0 Å². The second-order valence-electron chi connectivity index (χ2n) is 15.5. The van der Waals surface area contributed by atoms with Gasteiger partial charge in [-0.2, -0.15) is 0 Å². The van der Waals surface area contributed by atoms with E-state index in [4.69, 9.17) is 0 Å². The third-order valence-electron chi connectivity index (χ3n) is 12.8. The summed E-state index contributed by atoms with van der Waals surface area (Å²) in [5.74, 6) is 0. The van der Waals surface area contributed by atoms with Crippen LogP contribution in [0.25, 0.3) is 74.7 Å². The zero-order valence-corrected chi connectivity index (χ0v) is 31.7. The van der Waals surface area contributed by atoms with Crippen LogP contribution in [-0.4, -0.2) is 0 Å². The first-order valence-electron chi connectivity index (χ1n) is 19.8. The van der Waals surface area contributed by atoms with Crippen molar-refractivity contribution in [3.63, 3.8) is 0 Å². The Balaban J connectivity index is 1.12. The van der Waals surface area contributed by atoms with E-state index < -0.39 is 0 Å². The van der Waals surface area contributed by atoms with E-state index in [1.807, 2.05) is 11.3 Å². The summed E-state index contributed by atoms with van der Waals surface area (Å²) in [7, 11) is 0. The molecular weight excluding hydrogens is 707 g/mol. The first-order chi connectivity index (χ1) is 28.3. The summed E-state index contributed by atoms with van der Waals surface area (Å²) < 4.78 is 2.60. The van der Waals surface area contributed by atoms with E-state index in [0.717, 1.165) is 11.4 Å². The Labute approximate surface area is 334 Å². The molecule has 264 valence electrons. The number of rotatable bonds is 3. The number of fused-ring (bicyclic) bond motifs is 19. The highest BCUT2D eigenvalue weighted by atomic mass is 32.1. The quantitative estimate of drug-likeness (QED) is 0.163. The summed E-state index contributed by atoms with van der Waals surface area (Å²) in [4.78, 5) is 2.52. The molecule has 1 heterocycles. The highest BCUT2D eigenvalue weighted by Gasteiger charge is 2.51. The Morgan fingerprint density at radius 3 is 1.42 bits per heavy atom. The van der Waals surface area contributed by atoms with Crippen LogP contribution in [0, 0.1) is 0 Å². The van der Waals surface area contributed by atoms with Crippen molar-refractivity contribution in [3.8, 4) is 22.3 Å². The van der Waals surface area contributed by atoms with Crippen molar-refractivity contribution in [2.75, 3.05) is 4.90 Å². The van der Waals surface area contributed by atoms with Gasteiger partial charge < -0.3 is 4.90 Å². The van der Waals surface area contributed by atoms with Gasteiger partial charge in [0.25, 0.3) is 0 Å². The predicted octanol–water partition coefficient (Wildman–Crippen LogP) is 15.3. The van der Waals surface area contributed by atoms with Gasteiger partial charge in [-0.25, -0.2) is 0 Å². The molecule has 57 heavy (non-hydrogen) atoms. The van der Waals surface area contributed by atoms with Gasteiger partial charge in [-0.1, -0.05) is 158 Å². The third-order valence-corrected chi connectivity index (χ3v) is 14.0. The van der Waals surface area contributed by atoms with Crippen LogP contribution in [0.4, 0.5) is 17.1 Å². The van der Waals surface area contributed by atoms with E-state index in [2.05, 4.69) is 205 Å². The van der Waals surface area contributed by atoms with Crippen LogP contribution in [0.3, 0.4) is 0 Å². The molecule has 0 radical (unpaired) electrons. The summed E-state index contributed by atoms with van der Waals surface area (Å²) in [6.45, 7) is 0. The molecule has 2 aliphatic carbocycles. The fourth-order valence-corrected chi connectivity index (χ4v) is 11.8. The number of benzene rings is 10. The van der Waals surface area contributed by atoms with E-state index in [-0.39, 0.29) is 5.41 Å². The van der Waals surface area contributed by atoms with Crippen LogP contribution in [0.2, 0.25) is 0 Å². The molecule has 0 fully saturated rings. The van der Waals surface area contributed by atoms with Gasteiger partial charge in [0, 0.05) is 31.5 Å². The molecule has 1 aromatic heterocycles. The van der Waals surface area contributed by atoms with Crippen LogP contribution in [0.1, 0.15) is 22.3 Å². The van der Waals surface area contributed by atoms with Crippen LogP contribution in [0.5, 0.6) is 0 Å². The fraction of sp³-hybridized carbons (Fsp3) is 0.0182. The number of anilines is 3. The lowest BCUT2D eigenvalue weighted by Gasteiger charge is -2.31. The Morgan fingerprint density at radius 2 is 0.772 bits per heavy atom. The van der Waals surface area contributed by atoms with Crippen molar-refractivity contribution in [3.05, 3.63) is 222 Å². The molecule has 0 saturated heterocycles. The van der Waals surface area contributed by atoms with Crippen molar-refractivity contribution in [1.82, 2.24) is 0 Å². The second-order valence-corrected chi connectivity index (χ2v) is 16.6. The van der Waals surface area contributed by atoms with E-state index in [1.54, 1.807) is 0 Å². The second kappa shape index (κ2) is 11.5. The van der Waals surface area contributed by atoms with E-state index >= 15 is 0 Å². The van der Waals surface area contributed by atoms with Crippen LogP contribution < -0.4 is 4.90 Å². The summed E-state index contributed by atoms with van der Waals surface area (Å²) in [6.07, 6.45) is 0. The maximum absolute atomic E-state index is 2.52. The lowest BCUT2D eigenvalue weighted by molar-refractivity contribution is 0.794. The molecule has 0 atom stereocenters. The van der Waals surface area contributed by atoms with Gasteiger partial charge in [0.15, 0.2) is 0 Å². The smallest absolute Gasteiger partial charge is 0.0725 e. The molecule has 13 rings (SSSR count). The fourth-order valence-electron chi connectivity index (χ4n) is 10.6. The molecule has 11 aromatic rings. The number of nitrogens with zero attached hydrogens (tertiary/aromatic N) is 1. The maximum atomic E-state index is 2.52. The molecule has 0 amide bonds. The number of thiophene rings is 1. The molecule has 0 aliphatic heterocycles. The molecular formula is C55H33NS. The van der Waals surface area contributed by atoms with Crippen molar-refractivity contribution in [2.24, 2.45) is 0 Å². The Bertz CT molecular complexity index is 3420. The van der Waals surface area contributed by atoms with Crippen LogP contribution in [0.15, 0.2) is 200 Å². The predicted molar refractivity (Wildman–Crippen MR) is 243 cm³/mol. The van der Waals surface area contributed by atoms with Crippen molar-refractivity contribution in [1.29, 1.82) is 0 Å². The molecule has 2 aliphatic rings. The minimum Gasteiger partial charge on any atom is -0.310 e. The van der Waals surface area contributed by atoms with Crippen molar-refractivity contribution in [2.45, 2.75) is 5.41 Å². The highest BCUT2D eigenvalue weighted by molar-refractivity contribution is 7.26. The van der Waals surface area contributed by atoms with Gasteiger partial charge in [-0.3, -0.25) is 0 Å². The summed E-state index contributed by atoms with van der Waals surface area (Å²) in [5.41, 5.74) is 13.8. The van der Waals surface area contributed by atoms with E-state index in [1.165, 1.54) is 103 Å². The van der Waals surface area contributed by atoms with Crippen LogP contribution >= 0.6 is 11.3 Å². The monoisotopic (exact) mass is 739 g/mol. The molecule has 0 saturated carbocycles. The molecule has 0 bridgehead atoms. The number of hydrogen-bond acceptors (Lipinski definition) is 2. The first kappa shape index (κ1) is 31.2. The van der Waals surface area contributed by atoms with E-state index in [9.17, 15) is 0 Å². The van der Waals surface area contributed by atoms with Gasteiger partial charge in [-0.15, -0.1) is 11.3 Å². The van der Waals surface area contributed by atoms with E-state index in [0.29, 0.717) is 0 Å². The normalized spacial score (nSPS) is 13.4. The Kier molecular flexibility index (Phi) is 6.31. The summed E-state index contributed by atoms with van der Waals surface area (Å²) in [5, 5.41) is 10.3. The lowest BCUT2D eigenvalue weighted by atomic mass is 9.70. The average Bonchev–Trinajstić information content (AvgIpc) is 3.91. The molecule has 2 heteroatoms. The minimum absolute atomic E-state index is 0.380. The standard InChI is InChI=1S/C55H33NS/c1-2-16-38-36(14-1)37-15-3-4-17-39(37)45-32-34(28-30-40(38)45)56(51-25-13-27-53-54(51)44-21-8-12-26-52(44)57-53)35-29-31-50-46(33-35)43-20-7-11-24-49(43)55(50)47-22-9-5-18-41(47)42-19-6-10-23-48(42)55/h1-33H. The van der Waals surface area contributed by atoms with Gasteiger partial charge in [0.1, 0.15) is 0 Å². The third kappa shape index (κ3) is 4.07. The number of hydrogen-bond donors (Lipinski definition) is 0. The summed E-state index contributed by atoms with van der Waals surface area (Å²) in [6, 6.07) is 75.1. The average molecular weight is 740 g/mol.